The van der Waals surface area contributed by atoms with Crippen molar-refractivity contribution in [2.45, 2.75) is 6.92 Å². The SMILES string of the molecule is Cc1ccc2c(c1)sc1c(=O)[nH]cnc12. The van der Waals surface area contributed by atoms with Crippen molar-refractivity contribution in [3.63, 3.8) is 0 Å². The molecule has 1 N–H and O–H groups in total. The van der Waals surface area contributed by atoms with Gasteiger partial charge in [-0.2, -0.15) is 0 Å². The fourth-order valence-corrected chi connectivity index (χ4v) is 2.84. The predicted molar refractivity (Wildman–Crippen MR) is 62.5 cm³/mol. The van der Waals surface area contributed by atoms with Crippen LogP contribution in [0.2, 0.25) is 0 Å². The van der Waals surface area contributed by atoms with Crippen LogP contribution in [-0.4, -0.2) is 9.97 Å². The number of benzene rings is 1. The van der Waals surface area contributed by atoms with Gasteiger partial charge in [-0.15, -0.1) is 11.3 Å². The van der Waals surface area contributed by atoms with Gasteiger partial charge in [-0.1, -0.05) is 12.1 Å². The van der Waals surface area contributed by atoms with Crippen molar-refractivity contribution in [1.29, 1.82) is 0 Å². The minimum atomic E-state index is -0.0566. The molecule has 0 aliphatic heterocycles. The molecule has 0 bridgehead atoms. The van der Waals surface area contributed by atoms with Crippen LogP contribution in [0.4, 0.5) is 0 Å². The van der Waals surface area contributed by atoms with E-state index in [0.29, 0.717) is 4.70 Å². The van der Waals surface area contributed by atoms with Crippen molar-refractivity contribution < 1.29 is 0 Å². The van der Waals surface area contributed by atoms with E-state index < -0.39 is 0 Å². The Hall–Kier alpha value is -1.68. The van der Waals surface area contributed by atoms with Crippen LogP contribution in [0.25, 0.3) is 20.3 Å². The quantitative estimate of drug-likeness (QED) is 0.627. The highest BCUT2D eigenvalue weighted by molar-refractivity contribution is 7.25. The molecular formula is C11H8N2OS. The van der Waals surface area contributed by atoms with Gasteiger partial charge in [0.2, 0.25) is 0 Å². The van der Waals surface area contributed by atoms with Crippen molar-refractivity contribution in [3.05, 3.63) is 40.4 Å². The van der Waals surface area contributed by atoms with Crippen LogP contribution in [-0.2, 0) is 0 Å². The zero-order chi connectivity index (χ0) is 10.4. The third kappa shape index (κ3) is 1.18. The Morgan fingerprint density at radius 3 is 3.13 bits per heavy atom. The molecule has 2 heterocycles. The number of thiophene rings is 1. The van der Waals surface area contributed by atoms with Crippen LogP contribution in [0.1, 0.15) is 5.56 Å². The molecule has 0 saturated heterocycles. The second-order valence-electron chi connectivity index (χ2n) is 3.51. The van der Waals surface area contributed by atoms with E-state index in [-0.39, 0.29) is 5.56 Å². The number of aromatic nitrogens is 2. The van der Waals surface area contributed by atoms with Crippen molar-refractivity contribution in [3.8, 4) is 0 Å². The molecule has 1 aromatic carbocycles. The summed E-state index contributed by atoms with van der Waals surface area (Å²) in [4.78, 5) is 18.4. The zero-order valence-electron chi connectivity index (χ0n) is 8.07. The highest BCUT2D eigenvalue weighted by Gasteiger charge is 2.08. The van der Waals surface area contributed by atoms with Crippen molar-refractivity contribution in [1.82, 2.24) is 9.97 Å². The average Bonchev–Trinajstić information content (AvgIpc) is 2.57. The highest BCUT2D eigenvalue weighted by atomic mass is 32.1. The van der Waals surface area contributed by atoms with Crippen molar-refractivity contribution >= 4 is 31.6 Å². The van der Waals surface area contributed by atoms with Crippen LogP contribution < -0.4 is 5.56 Å². The van der Waals surface area contributed by atoms with Crippen LogP contribution in [0.5, 0.6) is 0 Å². The minimum Gasteiger partial charge on any atom is -0.312 e. The van der Waals surface area contributed by atoms with E-state index in [4.69, 9.17) is 0 Å². The maximum Gasteiger partial charge on any atom is 0.268 e. The molecule has 0 aliphatic carbocycles. The topological polar surface area (TPSA) is 45.8 Å². The molecular weight excluding hydrogens is 208 g/mol. The number of fused-ring (bicyclic) bond motifs is 3. The lowest BCUT2D eigenvalue weighted by atomic mass is 10.2. The molecule has 3 nitrogen and oxygen atoms in total. The average molecular weight is 216 g/mol. The molecule has 2 aromatic heterocycles. The van der Waals surface area contributed by atoms with Crippen LogP contribution >= 0.6 is 11.3 Å². The number of nitrogens with zero attached hydrogens (tertiary/aromatic N) is 1. The zero-order valence-corrected chi connectivity index (χ0v) is 8.89. The first-order valence-electron chi connectivity index (χ1n) is 4.62. The van der Waals surface area contributed by atoms with E-state index in [1.54, 1.807) is 0 Å². The number of aryl methyl sites for hydroxylation is 1. The molecule has 3 rings (SSSR count). The standard InChI is InChI=1S/C11H8N2OS/c1-6-2-3-7-8(4-6)15-10-9(7)12-5-13-11(10)14/h2-5H,1H3,(H,12,13,14). The number of hydrogen-bond donors (Lipinski definition) is 1. The Bertz CT molecular complexity index is 711. The Labute approximate surface area is 89.4 Å². The fraction of sp³-hybridized carbons (Fsp3) is 0.0909. The van der Waals surface area contributed by atoms with Crippen LogP contribution in [0, 0.1) is 6.92 Å². The van der Waals surface area contributed by atoms with E-state index in [9.17, 15) is 4.79 Å². The molecule has 0 fully saturated rings. The fourth-order valence-electron chi connectivity index (χ4n) is 1.69. The lowest BCUT2D eigenvalue weighted by molar-refractivity contribution is 1.18. The summed E-state index contributed by atoms with van der Waals surface area (Å²) in [6.07, 6.45) is 1.46. The van der Waals surface area contributed by atoms with Crippen molar-refractivity contribution in [2.75, 3.05) is 0 Å². The highest BCUT2D eigenvalue weighted by Crippen LogP contribution is 2.30. The predicted octanol–water partition coefficient (Wildman–Crippen LogP) is 2.45. The van der Waals surface area contributed by atoms with Gasteiger partial charge in [-0.3, -0.25) is 4.79 Å². The summed E-state index contributed by atoms with van der Waals surface area (Å²) < 4.78 is 1.83. The summed E-state index contributed by atoms with van der Waals surface area (Å²) in [6.45, 7) is 2.04. The summed E-state index contributed by atoms with van der Waals surface area (Å²) >= 11 is 1.50. The van der Waals surface area contributed by atoms with Crippen molar-refractivity contribution in [2.24, 2.45) is 0 Å². The van der Waals surface area contributed by atoms with E-state index >= 15 is 0 Å². The number of aromatic amines is 1. The number of rotatable bonds is 0. The van der Waals surface area contributed by atoms with Gasteiger partial charge in [0.15, 0.2) is 0 Å². The minimum absolute atomic E-state index is 0.0566. The van der Waals surface area contributed by atoms with Gasteiger partial charge in [-0.25, -0.2) is 4.98 Å². The largest absolute Gasteiger partial charge is 0.312 e. The molecule has 0 aliphatic rings. The summed E-state index contributed by atoms with van der Waals surface area (Å²) in [5.41, 5.74) is 1.95. The van der Waals surface area contributed by atoms with Gasteiger partial charge >= 0.3 is 0 Å². The molecule has 4 heteroatoms. The maximum absolute atomic E-state index is 11.5. The Morgan fingerprint density at radius 2 is 2.27 bits per heavy atom. The second-order valence-corrected chi connectivity index (χ2v) is 4.56. The molecule has 74 valence electrons. The molecule has 0 unspecified atom stereocenters. The summed E-state index contributed by atoms with van der Waals surface area (Å²) in [5, 5.41) is 1.06. The Morgan fingerprint density at radius 1 is 1.40 bits per heavy atom. The summed E-state index contributed by atoms with van der Waals surface area (Å²) in [6, 6.07) is 6.15. The molecule has 3 aromatic rings. The molecule has 0 radical (unpaired) electrons. The van der Waals surface area contributed by atoms with Gasteiger partial charge in [0.05, 0.1) is 11.8 Å². The molecule has 15 heavy (non-hydrogen) atoms. The second kappa shape index (κ2) is 2.90. The maximum atomic E-state index is 11.5. The van der Waals surface area contributed by atoms with Gasteiger partial charge in [0.1, 0.15) is 4.70 Å². The number of H-pyrrole nitrogens is 1. The van der Waals surface area contributed by atoms with E-state index in [1.807, 2.05) is 19.1 Å². The first-order chi connectivity index (χ1) is 7.25. The van der Waals surface area contributed by atoms with Gasteiger partial charge in [0.25, 0.3) is 5.56 Å². The molecule has 0 saturated carbocycles. The van der Waals surface area contributed by atoms with E-state index in [2.05, 4.69) is 16.0 Å². The molecule has 0 amide bonds. The van der Waals surface area contributed by atoms with Gasteiger partial charge < -0.3 is 4.98 Å². The number of hydrogen-bond acceptors (Lipinski definition) is 3. The smallest absolute Gasteiger partial charge is 0.268 e. The first kappa shape index (κ1) is 8.61. The third-order valence-corrected chi connectivity index (χ3v) is 3.56. The Kier molecular flexibility index (Phi) is 1.67. The van der Waals surface area contributed by atoms with Crippen LogP contribution in [0.15, 0.2) is 29.3 Å². The lowest BCUT2D eigenvalue weighted by Gasteiger charge is -1.91. The lowest BCUT2D eigenvalue weighted by Crippen LogP contribution is -2.03. The third-order valence-electron chi connectivity index (χ3n) is 2.41. The van der Waals surface area contributed by atoms with E-state index in [0.717, 1.165) is 15.6 Å². The normalized spacial score (nSPS) is 11.3. The van der Waals surface area contributed by atoms with Gasteiger partial charge in [0, 0.05) is 10.1 Å². The Balaban J connectivity index is 2.63. The molecule has 0 atom stereocenters. The van der Waals surface area contributed by atoms with Crippen LogP contribution in [0.3, 0.4) is 0 Å². The van der Waals surface area contributed by atoms with Gasteiger partial charge in [-0.05, 0) is 18.6 Å². The van der Waals surface area contributed by atoms with E-state index in [1.165, 1.54) is 23.2 Å². The number of nitrogens with one attached hydrogen (secondary N) is 1. The molecule has 0 spiro atoms. The first-order valence-corrected chi connectivity index (χ1v) is 5.44. The summed E-state index contributed by atoms with van der Waals surface area (Å²) in [5.74, 6) is 0. The monoisotopic (exact) mass is 216 g/mol. The summed E-state index contributed by atoms with van der Waals surface area (Å²) in [7, 11) is 0.